The van der Waals surface area contributed by atoms with Crippen molar-refractivity contribution in [3.63, 3.8) is 0 Å². The summed E-state index contributed by atoms with van der Waals surface area (Å²) in [6.45, 7) is 3.31. The largest absolute Gasteiger partial charge is 0.379 e. The Bertz CT molecular complexity index is 793. The van der Waals surface area contributed by atoms with Crippen molar-refractivity contribution in [1.82, 2.24) is 9.62 Å². The van der Waals surface area contributed by atoms with E-state index in [2.05, 4.69) is 9.62 Å². The smallest absolute Gasteiger partial charge is 0.241 e. The van der Waals surface area contributed by atoms with Crippen LogP contribution in [0.2, 0.25) is 0 Å². The van der Waals surface area contributed by atoms with Crippen LogP contribution in [0.5, 0.6) is 0 Å². The van der Waals surface area contributed by atoms with Gasteiger partial charge in [-0.3, -0.25) is 4.90 Å². The highest BCUT2D eigenvalue weighted by Gasteiger charge is 2.24. The van der Waals surface area contributed by atoms with E-state index in [1.807, 2.05) is 30.3 Å². The van der Waals surface area contributed by atoms with Crippen molar-refractivity contribution >= 4 is 10.0 Å². The maximum absolute atomic E-state index is 13.4. The quantitative estimate of drug-likeness (QED) is 0.854. The second kappa shape index (κ2) is 8.05. The number of nitrogens with zero attached hydrogens (tertiary/aromatic N) is 1. The lowest BCUT2D eigenvalue weighted by atomic mass is 10.1. The molecule has 3 rings (SSSR count). The Balaban J connectivity index is 1.83. The molecule has 5 nitrogen and oxygen atoms in total. The number of benzene rings is 2. The van der Waals surface area contributed by atoms with Crippen LogP contribution >= 0.6 is 0 Å². The van der Waals surface area contributed by atoms with E-state index in [9.17, 15) is 12.8 Å². The van der Waals surface area contributed by atoms with Gasteiger partial charge < -0.3 is 4.74 Å². The van der Waals surface area contributed by atoms with Gasteiger partial charge in [-0.1, -0.05) is 36.4 Å². The average molecular weight is 364 g/mol. The zero-order valence-electron chi connectivity index (χ0n) is 13.8. The molecule has 134 valence electrons. The molecule has 0 amide bonds. The first-order chi connectivity index (χ1) is 12.0. The molecule has 1 N–H and O–H groups in total. The Labute approximate surface area is 147 Å². The van der Waals surface area contributed by atoms with E-state index in [1.54, 1.807) is 0 Å². The minimum Gasteiger partial charge on any atom is -0.379 e. The molecule has 2 aromatic rings. The van der Waals surface area contributed by atoms with Gasteiger partial charge in [-0.15, -0.1) is 0 Å². The van der Waals surface area contributed by atoms with Crippen molar-refractivity contribution in [1.29, 1.82) is 0 Å². The van der Waals surface area contributed by atoms with Gasteiger partial charge in [0.15, 0.2) is 0 Å². The van der Waals surface area contributed by atoms with Gasteiger partial charge >= 0.3 is 0 Å². The van der Waals surface area contributed by atoms with Gasteiger partial charge in [0.1, 0.15) is 5.82 Å². The molecule has 1 atom stereocenters. The van der Waals surface area contributed by atoms with Gasteiger partial charge in [0.05, 0.1) is 24.2 Å². The second-order valence-corrected chi connectivity index (χ2v) is 7.67. The molecule has 1 heterocycles. The molecule has 1 unspecified atom stereocenters. The van der Waals surface area contributed by atoms with Gasteiger partial charge in [0.25, 0.3) is 0 Å². The van der Waals surface area contributed by atoms with Crippen LogP contribution in [-0.4, -0.2) is 46.2 Å². The zero-order chi connectivity index (χ0) is 17.7. The Hall–Kier alpha value is -1.80. The number of sulfonamides is 1. The molecule has 25 heavy (non-hydrogen) atoms. The first kappa shape index (κ1) is 18.0. The molecular weight excluding hydrogens is 343 g/mol. The number of nitrogens with one attached hydrogen (secondary N) is 1. The highest BCUT2D eigenvalue weighted by atomic mass is 32.2. The summed E-state index contributed by atoms with van der Waals surface area (Å²) < 4.78 is 46.9. The summed E-state index contributed by atoms with van der Waals surface area (Å²) in [5, 5.41) is 0. The number of hydrogen-bond acceptors (Lipinski definition) is 4. The van der Waals surface area contributed by atoms with E-state index < -0.39 is 21.9 Å². The second-order valence-electron chi connectivity index (χ2n) is 5.95. The summed E-state index contributed by atoms with van der Waals surface area (Å²) in [6, 6.07) is 14.0. The molecule has 1 aliphatic heterocycles. The van der Waals surface area contributed by atoms with Crippen molar-refractivity contribution in [3.05, 3.63) is 66.0 Å². The van der Waals surface area contributed by atoms with Gasteiger partial charge in [-0.2, -0.15) is 0 Å². The monoisotopic (exact) mass is 364 g/mol. The summed E-state index contributed by atoms with van der Waals surface area (Å²) in [6.07, 6.45) is 0. The molecule has 1 fully saturated rings. The number of morpholine rings is 1. The fourth-order valence-electron chi connectivity index (χ4n) is 2.83. The fraction of sp³-hybridized carbons (Fsp3) is 0.333. The standard InChI is InChI=1S/C18H21FN2O3S/c19-16-7-4-8-17(13-16)25(22,23)20-18(15-5-2-1-3-6-15)14-21-9-11-24-12-10-21/h1-8,13,18,20H,9-12,14H2. The van der Waals surface area contributed by atoms with Crippen molar-refractivity contribution < 1.29 is 17.5 Å². The van der Waals surface area contributed by atoms with Crippen molar-refractivity contribution in [2.24, 2.45) is 0 Å². The molecule has 0 aromatic heterocycles. The molecule has 0 spiro atoms. The topological polar surface area (TPSA) is 58.6 Å². The third-order valence-corrected chi connectivity index (χ3v) is 5.62. The minimum atomic E-state index is -3.83. The summed E-state index contributed by atoms with van der Waals surface area (Å²) in [5.74, 6) is -0.577. The van der Waals surface area contributed by atoms with Crippen LogP contribution in [0.3, 0.4) is 0 Å². The molecule has 1 aliphatic rings. The van der Waals surface area contributed by atoms with Gasteiger partial charge in [-0.25, -0.2) is 17.5 Å². The van der Waals surface area contributed by atoms with Gasteiger partial charge in [0, 0.05) is 19.6 Å². The van der Waals surface area contributed by atoms with Crippen molar-refractivity contribution in [2.75, 3.05) is 32.8 Å². The Morgan fingerprint density at radius 3 is 2.48 bits per heavy atom. The van der Waals surface area contributed by atoms with Crippen LogP contribution < -0.4 is 4.72 Å². The van der Waals surface area contributed by atoms with E-state index >= 15 is 0 Å². The fourth-order valence-corrected chi connectivity index (χ4v) is 4.07. The van der Waals surface area contributed by atoms with Crippen LogP contribution in [-0.2, 0) is 14.8 Å². The number of halogens is 1. The molecule has 0 saturated carbocycles. The van der Waals surface area contributed by atoms with E-state index in [4.69, 9.17) is 4.74 Å². The molecular formula is C18H21FN2O3S. The zero-order valence-corrected chi connectivity index (χ0v) is 14.6. The van der Waals surface area contributed by atoms with E-state index in [1.165, 1.54) is 18.2 Å². The minimum absolute atomic E-state index is 0.0737. The Morgan fingerprint density at radius 1 is 1.08 bits per heavy atom. The molecule has 0 radical (unpaired) electrons. The molecule has 2 aromatic carbocycles. The number of ether oxygens (including phenoxy) is 1. The van der Waals surface area contributed by atoms with Crippen LogP contribution in [0, 0.1) is 5.82 Å². The average Bonchev–Trinajstić information content (AvgIpc) is 2.63. The lowest BCUT2D eigenvalue weighted by Gasteiger charge is -2.31. The van der Waals surface area contributed by atoms with E-state index in [-0.39, 0.29) is 4.90 Å². The normalized spacial score (nSPS) is 17.3. The highest BCUT2D eigenvalue weighted by Crippen LogP contribution is 2.19. The molecule has 0 bridgehead atoms. The van der Waals surface area contributed by atoms with Gasteiger partial charge in [-0.05, 0) is 23.8 Å². The summed E-state index contributed by atoms with van der Waals surface area (Å²) in [4.78, 5) is 2.09. The van der Waals surface area contributed by atoms with Crippen LogP contribution in [0.25, 0.3) is 0 Å². The third kappa shape index (κ3) is 4.85. The van der Waals surface area contributed by atoms with Crippen LogP contribution in [0.15, 0.2) is 59.5 Å². The lowest BCUT2D eigenvalue weighted by molar-refractivity contribution is 0.0345. The Kier molecular flexibility index (Phi) is 5.80. The Morgan fingerprint density at radius 2 is 1.80 bits per heavy atom. The third-order valence-electron chi connectivity index (χ3n) is 4.15. The van der Waals surface area contributed by atoms with Crippen molar-refractivity contribution in [2.45, 2.75) is 10.9 Å². The molecule has 7 heteroatoms. The highest BCUT2D eigenvalue weighted by molar-refractivity contribution is 7.89. The predicted octanol–water partition coefficient (Wildman–Crippen LogP) is 2.18. The number of rotatable bonds is 6. The van der Waals surface area contributed by atoms with Crippen LogP contribution in [0.4, 0.5) is 4.39 Å². The predicted molar refractivity (Wildman–Crippen MR) is 93.2 cm³/mol. The maximum Gasteiger partial charge on any atom is 0.241 e. The number of hydrogen-bond donors (Lipinski definition) is 1. The van der Waals surface area contributed by atoms with Crippen molar-refractivity contribution in [3.8, 4) is 0 Å². The summed E-state index contributed by atoms with van der Waals surface area (Å²) in [7, 11) is -3.83. The summed E-state index contributed by atoms with van der Waals surface area (Å²) in [5.41, 5.74) is 0.869. The SMILES string of the molecule is O=S(=O)(NC(CN1CCOCC1)c1ccccc1)c1cccc(F)c1. The molecule has 1 saturated heterocycles. The van der Waals surface area contributed by atoms with Crippen LogP contribution in [0.1, 0.15) is 11.6 Å². The molecule has 0 aliphatic carbocycles. The van der Waals surface area contributed by atoms with E-state index in [0.29, 0.717) is 19.8 Å². The first-order valence-corrected chi connectivity index (χ1v) is 9.66. The van der Waals surface area contributed by atoms with Gasteiger partial charge in [0.2, 0.25) is 10.0 Å². The van der Waals surface area contributed by atoms with E-state index in [0.717, 1.165) is 24.7 Å². The summed E-state index contributed by atoms with van der Waals surface area (Å²) >= 11 is 0. The first-order valence-electron chi connectivity index (χ1n) is 8.17. The lowest BCUT2D eigenvalue weighted by Crippen LogP contribution is -2.43. The maximum atomic E-state index is 13.4.